The molecule has 1 heterocycles. The molecule has 2 nitrogen and oxygen atoms in total. The summed E-state index contributed by atoms with van der Waals surface area (Å²) in [6.07, 6.45) is 1.21. The van der Waals surface area contributed by atoms with Crippen LogP contribution in [0.3, 0.4) is 0 Å². The Bertz CT molecular complexity index is 213. The van der Waals surface area contributed by atoms with Gasteiger partial charge in [-0.25, -0.2) is 0 Å². The summed E-state index contributed by atoms with van der Waals surface area (Å²) in [6, 6.07) is 0. The highest BCUT2D eigenvalue weighted by molar-refractivity contribution is 8.22. The molecule has 1 saturated heterocycles. The van der Waals surface area contributed by atoms with Gasteiger partial charge in [-0.2, -0.15) is 0 Å². The van der Waals surface area contributed by atoms with E-state index in [1.54, 1.807) is 0 Å². The molecule has 0 amide bonds. The average molecular weight is 247 g/mol. The maximum Gasteiger partial charge on any atom is 0.136 e. The average Bonchev–Trinajstić information content (AvgIpc) is 2.17. The van der Waals surface area contributed by atoms with Crippen molar-refractivity contribution in [2.75, 3.05) is 32.1 Å². The van der Waals surface area contributed by atoms with Crippen LogP contribution in [0, 0.1) is 5.41 Å². The summed E-state index contributed by atoms with van der Waals surface area (Å²) in [5, 5.41) is 0. The van der Waals surface area contributed by atoms with Crippen molar-refractivity contribution in [2.24, 2.45) is 5.41 Å². The van der Waals surface area contributed by atoms with Crippen LogP contribution in [0.5, 0.6) is 0 Å². The lowest BCUT2D eigenvalue weighted by atomic mass is 9.86. The fourth-order valence-corrected chi connectivity index (χ4v) is 3.27. The molecule has 0 saturated carbocycles. The van der Waals surface area contributed by atoms with Crippen LogP contribution < -0.4 is 0 Å². The van der Waals surface area contributed by atoms with Gasteiger partial charge in [0.15, 0.2) is 0 Å². The monoisotopic (exact) mass is 247 g/mol. The molecule has 1 rings (SSSR count). The minimum atomic E-state index is 0.422. The van der Waals surface area contributed by atoms with Gasteiger partial charge in [0.25, 0.3) is 0 Å². The Morgan fingerprint density at radius 2 is 2.00 bits per heavy atom. The van der Waals surface area contributed by atoms with Crippen molar-refractivity contribution in [3.8, 4) is 0 Å². The molecule has 0 aromatic rings. The second kappa shape index (κ2) is 6.06. The van der Waals surface area contributed by atoms with Crippen LogP contribution in [0.25, 0.3) is 0 Å². The summed E-state index contributed by atoms with van der Waals surface area (Å²) in [5.74, 6) is 1.12. The highest BCUT2D eigenvalue weighted by atomic mass is 32.2. The Labute approximate surface area is 103 Å². The summed E-state index contributed by atoms with van der Waals surface area (Å²) in [5.41, 5.74) is 0.422. The number of ether oxygens (including phenoxy) is 1. The van der Waals surface area contributed by atoms with E-state index in [0.717, 1.165) is 36.4 Å². The fraction of sp³-hybridized carbons (Fsp3) is 0.909. The van der Waals surface area contributed by atoms with Gasteiger partial charge in [-0.05, 0) is 20.3 Å². The number of thiocarbonyl (C=S) groups is 1. The number of hydrogen-bond acceptors (Lipinski definition) is 3. The molecule has 1 aliphatic heterocycles. The molecule has 1 aliphatic rings. The van der Waals surface area contributed by atoms with E-state index in [2.05, 4.69) is 25.7 Å². The molecule has 1 fully saturated rings. The molecule has 88 valence electrons. The van der Waals surface area contributed by atoms with Crippen LogP contribution in [0.1, 0.15) is 27.2 Å². The normalized spacial score (nSPS) is 18.3. The minimum absolute atomic E-state index is 0.422. The first-order valence-electron chi connectivity index (χ1n) is 5.61. The van der Waals surface area contributed by atoms with Gasteiger partial charge in [0, 0.05) is 24.3 Å². The summed E-state index contributed by atoms with van der Waals surface area (Å²) in [7, 11) is 0. The zero-order valence-electron chi connectivity index (χ0n) is 9.91. The molecule has 4 heteroatoms. The van der Waals surface area contributed by atoms with E-state index in [9.17, 15) is 0 Å². The molecular formula is C11H21NOS2. The lowest BCUT2D eigenvalue weighted by Gasteiger charge is -2.38. The third-order valence-corrected chi connectivity index (χ3v) is 4.38. The minimum Gasteiger partial charge on any atom is -0.380 e. The number of hydrogen-bond donors (Lipinski definition) is 0. The zero-order chi connectivity index (χ0) is 11.3. The predicted molar refractivity (Wildman–Crippen MR) is 71.5 cm³/mol. The van der Waals surface area contributed by atoms with Crippen molar-refractivity contribution in [1.29, 1.82) is 0 Å². The lowest BCUT2D eigenvalue weighted by molar-refractivity contribution is -0.102. The van der Waals surface area contributed by atoms with E-state index in [1.807, 2.05) is 11.8 Å². The van der Waals surface area contributed by atoms with E-state index in [4.69, 9.17) is 17.0 Å². The summed E-state index contributed by atoms with van der Waals surface area (Å²) >= 11 is 7.19. The van der Waals surface area contributed by atoms with Crippen molar-refractivity contribution in [3.63, 3.8) is 0 Å². The molecule has 0 aromatic carbocycles. The number of rotatable bonds is 5. The highest BCUT2D eigenvalue weighted by Gasteiger charge is 2.32. The third-order valence-electron chi connectivity index (χ3n) is 2.85. The molecule has 0 bridgehead atoms. The van der Waals surface area contributed by atoms with E-state index >= 15 is 0 Å². The summed E-state index contributed by atoms with van der Waals surface area (Å²) in [4.78, 5) is 2.24. The standard InChI is InChI=1S/C11H21NOS2/c1-4-12(5-2)10(14)15-7-6-11(3)8-13-9-11/h4-9H2,1-3H3. The molecule has 0 atom stereocenters. The molecular weight excluding hydrogens is 226 g/mol. The van der Waals surface area contributed by atoms with Crippen molar-refractivity contribution in [3.05, 3.63) is 0 Å². The quantitative estimate of drug-likeness (QED) is 0.692. The largest absolute Gasteiger partial charge is 0.380 e. The first-order chi connectivity index (χ1) is 7.11. The molecule has 0 aliphatic carbocycles. The number of thioether (sulfide) groups is 1. The van der Waals surface area contributed by atoms with E-state index in [-0.39, 0.29) is 0 Å². The van der Waals surface area contributed by atoms with Crippen LogP contribution in [0.4, 0.5) is 0 Å². The SMILES string of the molecule is CCN(CC)C(=S)SCCC1(C)COC1. The Morgan fingerprint density at radius 3 is 2.40 bits per heavy atom. The van der Waals surface area contributed by atoms with Crippen LogP contribution in [0.15, 0.2) is 0 Å². The van der Waals surface area contributed by atoms with E-state index in [0.29, 0.717) is 5.41 Å². The van der Waals surface area contributed by atoms with Gasteiger partial charge in [-0.15, -0.1) is 0 Å². The third kappa shape index (κ3) is 3.93. The second-order valence-electron chi connectivity index (χ2n) is 4.34. The van der Waals surface area contributed by atoms with Gasteiger partial charge >= 0.3 is 0 Å². The predicted octanol–water partition coefficient (Wildman–Crippen LogP) is 2.77. The molecule has 0 spiro atoms. The van der Waals surface area contributed by atoms with Crippen molar-refractivity contribution >= 4 is 28.3 Å². The first kappa shape index (κ1) is 13.3. The van der Waals surface area contributed by atoms with Gasteiger partial charge < -0.3 is 9.64 Å². The van der Waals surface area contributed by atoms with Crippen molar-refractivity contribution in [2.45, 2.75) is 27.2 Å². The van der Waals surface area contributed by atoms with Gasteiger partial charge in [0.2, 0.25) is 0 Å². The fourth-order valence-electron chi connectivity index (χ4n) is 1.55. The highest BCUT2D eigenvalue weighted by Crippen LogP contribution is 2.32. The van der Waals surface area contributed by atoms with Gasteiger partial charge in [0.05, 0.1) is 13.2 Å². The molecule has 0 aromatic heterocycles. The Morgan fingerprint density at radius 1 is 1.40 bits per heavy atom. The van der Waals surface area contributed by atoms with Crippen LogP contribution in [-0.4, -0.2) is 41.3 Å². The van der Waals surface area contributed by atoms with Crippen molar-refractivity contribution < 1.29 is 4.74 Å². The zero-order valence-corrected chi connectivity index (χ0v) is 11.5. The van der Waals surface area contributed by atoms with Crippen LogP contribution in [0.2, 0.25) is 0 Å². The molecule has 0 N–H and O–H groups in total. The van der Waals surface area contributed by atoms with E-state index in [1.165, 1.54) is 6.42 Å². The lowest BCUT2D eigenvalue weighted by Crippen LogP contribution is -2.40. The van der Waals surface area contributed by atoms with Gasteiger partial charge in [0.1, 0.15) is 4.32 Å². The molecule has 0 radical (unpaired) electrons. The topological polar surface area (TPSA) is 12.5 Å². The number of nitrogens with zero attached hydrogens (tertiary/aromatic N) is 1. The smallest absolute Gasteiger partial charge is 0.136 e. The second-order valence-corrected chi connectivity index (χ2v) is 6.07. The van der Waals surface area contributed by atoms with Gasteiger partial charge in [-0.3, -0.25) is 0 Å². The van der Waals surface area contributed by atoms with Crippen LogP contribution >= 0.6 is 24.0 Å². The van der Waals surface area contributed by atoms with Crippen LogP contribution in [-0.2, 0) is 4.74 Å². The summed E-state index contributed by atoms with van der Waals surface area (Å²) in [6.45, 7) is 10.5. The Hall–Kier alpha value is 0.200. The summed E-state index contributed by atoms with van der Waals surface area (Å²) < 4.78 is 6.28. The van der Waals surface area contributed by atoms with Crippen molar-refractivity contribution in [1.82, 2.24) is 4.90 Å². The Kier molecular flexibility index (Phi) is 5.36. The van der Waals surface area contributed by atoms with Gasteiger partial charge in [-0.1, -0.05) is 30.9 Å². The van der Waals surface area contributed by atoms with E-state index < -0.39 is 0 Å². The molecule has 0 unspecified atom stereocenters. The maximum atomic E-state index is 5.37. The molecule has 15 heavy (non-hydrogen) atoms. The Balaban J connectivity index is 2.16. The maximum absolute atomic E-state index is 5.37. The first-order valence-corrected chi connectivity index (χ1v) is 7.00.